The van der Waals surface area contributed by atoms with Gasteiger partial charge >= 0.3 is 0 Å². The predicted molar refractivity (Wildman–Crippen MR) is 72.9 cm³/mol. The van der Waals surface area contributed by atoms with Gasteiger partial charge in [-0.3, -0.25) is 9.59 Å². The Morgan fingerprint density at radius 2 is 1.72 bits per heavy atom. The van der Waals surface area contributed by atoms with E-state index < -0.39 is 6.04 Å². The fourth-order valence-electron chi connectivity index (χ4n) is 1.56. The zero-order valence-electron chi connectivity index (χ0n) is 12.2. The van der Waals surface area contributed by atoms with E-state index in [-0.39, 0.29) is 18.4 Å². The fraction of sp³-hybridized carbons (Fsp3) is 0.846. The molecule has 0 aromatic rings. The maximum atomic E-state index is 11.9. The molecule has 5 heteroatoms. The Balaban J connectivity index is 4.10. The van der Waals surface area contributed by atoms with Gasteiger partial charge < -0.3 is 16.0 Å². The van der Waals surface area contributed by atoms with E-state index in [0.717, 1.165) is 0 Å². The van der Waals surface area contributed by atoms with E-state index in [2.05, 4.69) is 5.32 Å². The van der Waals surface area contributed by atoms with Gasteiger partial charge in [0.25, 0.3) is 0 Å². The van der Waals surface area contributed by atoms with Gasteiger partial charge in [-0.15, -0.1) is 0 Å². The van der Waals surface area contributed by atoms with Crippen LogP contribution in [0.3, 0.4) is 0 Å². The van der Waals surface area contributed by atoms with E-state index in [4.69, 9.17) is 5.73 Å². The van der Waals surface area contributed by atoms with Crippen molar-refractivity contribution in [1.29, 1.82) is 0 Å². The van der Waals surface area contributed by atoms with Crippen LogP contribution in [0.5, 0.6) is 0 Å². The third-order valence-corrected chi connectivity index (χ3v) is 2.51. The van der Waals surface area contributed by atoms with Gasteiger partial charge in [0.05, 0.1) is 12.6 Å². The topological polar surface area (TPSA) is 75.4 Å². The quantitative estimate of drug-likeness (QED) is 0.701. The van der Waals surface area contributed by atoms with Gasteiger partial charge in [0, 0.05) is 13.6 Å². The molecule has 0 aromatic carbocycles. The van der Waals surface area contributed by atoms with Crippen LogP contribution in [-0.4, -0.2) is 42.9 Å². The first kappa shape index (κ1) is 16.9. The van der Waals surface area contributed by atoms with Crippen molar-refractivity contribution >= 4 is 11.8 Å². The molecule has 0 aliphatic rings. The Morgan fingerprint density at radius 1 is 1.17 bits per heavy atom. The second kappa shape index (κ2) is 8.08. The molecular weight excluding hydrogens is 230 g/mol. The van der Waals surface area contributed by atoms with Crippen LogP contribution in [0.25, 0.3) is 0 Å². The minimum absolute atomic E-state index is 0.0668. The van der Waals surface area contributed by atoms with Gasteiger partial charge in [0.1, 0.15) is 0 Å². The molecule has 18 heavy (non-hydrogen) atoms. The lowest BCUT2D eigenvalue weighted by Gasteiger charge is -2.22. The smallest absolute Gasteiger partial charge is 0.239 e. The van der Waals surface area contributed by atoms with Crippen LogP contribution in [0.1, 0.15) is 34.1 Å². The maximum absolute atomic E-state index is 11.9. The average Bonchev–Trinajstić information content (AvgIpc) is 2.24. The molecule has 0 aliphatic carbocycles. The molecule has 2 amide bonds. The first-order valence-electron chi connectivity index (χ1n) is 6.51. The molecule has 0 aromatic heterocycles. The monoisotopic (exact) mass is 257 g/mol. The van der Waals surface area contributed by atoms with Crippen LogP contribution in [0, 0.1) is 11.8 Å². The lowest BCUT2D eigenvalue weighted by molar-refractivity contribution is -0.136. The number of carbonyl (C=O) groups excluding carboxylic acids is 2. The number of rotatable bonds is 7. The molecule has 0 rings (SSSR count). The van der Waals surface area contributed by atoms with Crippen LogP contribution in [0.15, 0.2) is 0 Å². The van der Waals surface area contributed by atoms with Crippen molar-refractivity contribution in [1.82, 2.24) is 10.2 Å². The van der Waals surface area contributed by atoms with Crippen molar-refractivity contribution in [3.63, 3.8) is 0 Å². The van der Waals surface area contributed by atoms with Crippen LogP contribution in [-0.2, 0) is 9.59 Å². The number of amides is 2. The standard InChI is InChI=1S/C13H27N3O2/c1-9(2)6-11(14)13(18)16(5)8-12(17)15-7-10(3)4/h9-11H,6-8,14H2,1-5H3,(H,15,17). The number of nitrogens with two attached hydrogens (primary N) is 1. The van der Waals surface area contributed by atoms with E-state index in [1.54, 1.807) is 7.05 Å². The summed E-state index contributed by atoms with van der Waals surface area (Å²) < 4.78 is 0. The molecule has 0 aliphatic heterocycles. The molecule has 3 N–H and O–H groups in total. The zero-order chi connectivity index (χ0) is 14.3. The summed E-state index contributed by atoms with van der Waals surface area (Å²) in [5, 5.41) is 2.77. The molecule has 0 bridgehead atoms. The van der Waals surface area contributed by atoms with Gasteiger partial charge in [-0.1, -0.05) is 27.7 Å². The maximum Gasteiger partial charge on any atom is 0.239 e. The van der Waals surface area contributed by atoms with E-state index >= 15 is 0 Å². The largest absolute Gasteiger partial charge is 0.354 e. The summed E-state index contributed by atoms with van der Waals surface area (Å²) >= 11 is 0. The van der Waals surface area contributed by atoms with Crippen molar-refractivity contribution in [3.05, 3.63) is 0 Å². The molecule has 1 atom stereocenters. The minimum Gasteiger partial charge on any atom is -0.354 e. The van der Waals surface area contributed by atoms with E-state index in [1.165, 1.54) is 4.90 Å². The highest BCUT2D eigenvalue weighted by atomic mass is 16.2. The molecule has 1 unspecified atom stereocenters. The van der Waals surface area contributed by atoms with Gasteiger partial charge in [0.2, 0.25) is 11.8 Å². The highest BCUT2D eigenvalue weighted by Crippen LogP contribution is 2.04. The van der Waals surface area contributed by atoms with Crippen LogP contribution < -0.4 is 11.1 Å². The van der Waals surface area contributed by atoms with Crippen LogP contribution >= 0.6 is 0 Å². The van der Waals surface area contributed by atoms with Crippen molar-refractivity contribution in [3.8, 4) is 0 Å². The fourth-order valence-corrected chi connectivity index (χ4v) is 1.56. The Hall–Kier alpha value is -1.10. The van der Waals surface area contributed by atoms with Crippen LogP contribution in [0.2, 0.25) is 0 Å². The summed E-state index contributed by atoms with van der Waals surface area (Å²) in [5.41, 5.74) is 5.79. The van der Waals surface area contributed by atoms with Crippen LogP contribution in [0.4, 0.5) is 0 Å². The molecule has 0 saturated heterocycles. The second-order valence-electron chi connectivity index (χ2n) is 5.63. The van der Waals surface area contributed by atoms with Gasteiger partial charge in [-0.05, 0) is 18.3 Å². The molecule has 106 valence electrons. The van der Waals surface area contributed by atoms with Gasteiger partial charge in [-0.25, -0.2) is 0 Å². The van der Waals surface area contributed by atoms with Crippen molar-refractivity contribution in [2.75, 3.05) is 20.1 Å². The van der Waals surface area contributed by atoms with Crippen molar-refractivity contribution in [2.24, 2.45) is 17.6 Å². The number of hydrogen-bond donors (Lipinski definition) is 2. The lowest BCUT2D eigenvalue weighted by atomic mass is 10.0. The number of nitrogens with zero attached hydrogens (tertiary/aromatic N) is 1. The molecule has 0 spiro atoms. The van der Waals surface area contributed by atoms with Gasteiger partial charge in [-0.2, -0.15) is 0 Å². The Kier molecular flexibility index (Phi) is 7.59. The van der Waals surface area contributed by atoms with E-state index in [0.29, 0.717) is 24.8 Å². The summed E-state index contributed by atoms with van der Waals surface area (Å²) in [6.07, 6.45) is 0.636. The highest BCUT2D eigenvalue weighted by molar-refractivity contribution is 5.87. The Labute approximate surface area is 110 Å². The van der Waals surface area contributed by atoms with E-state index in [1.807, 2.05) is 27.7 Å². The third kappa shape index (κ3) is 7.27. The SMILES string of the molecule is CC(C)CNC(=O)CN(C)C(=O)C(N)CC(C)C. The summed E-state index contributed by atoms with van der Waals surface area (Å²) in [4.78, 5) is 24.8. The molecule has 0 radical (unpaired) electrons. The normalized spacial score (nSPS) is 12.7. The Morgan fingerprint density at radius 3 is 2.17 bits per heavy atom. The number of carbonyl (C=O) groups is 2. The molecule has 0 fully saturated rings. The molecule has 5 nitrogen and oxygen atoms in total. The third-order valence-electron chi connectivity index (χ3n) is 2.51. The minimum atomic E-state index is -0.520. The van der Waals surface area contributed by atoms with Crippen molar-refractivity contribution < 1.29 is 9.59 Å². The summed E-state index contributed by atoms with van der Waals surface area (Å²) in [6.45, 7) is 8.77. The number of hydrogen-bond acceptors (Lipinski definition) is 3. The first-order valence-corrected chi connectivity index (χ1v) is 6.51. The molecular formula is C13H27N3O2. The van der Waals surface area contributed by atoms with Gasteiger partial charge in [0.15, 0.2) is 0 Å². The number of nitrogens with one attached hydrogen (secondary N) is 1. The first-order chi connectivity index (χ1) is 8.23. The summed E-state index contributed by atoms with van der Waals surface area (Å²) in [5.74, 6) is 0.449. The summed E-state index contributed by atoms with van der Waals surface area (Å²) in [7, 11) is 1.61. The molecule has 0 saturated carbocycles. The second-order valence-corrected chi connectivity index (χ2v) is 5.63. The highest BCUT2D eigenvalue weighted by Gasteiger charge is 2.20. The summed E-state index contributed by atoms with van der Waals surface area (Å²) in [6, 6.07) is -0.520. The Bertz CT molecular complexity index is 277. The van der Waals surface area contributed by atoms with Crippen molar-refractivity contribution in [2.45, 2.75) is 40.2 Å². The zero-order valence-corrected chi connectivity index (χ0v) is 12.2. The lowest BCUT2D eigenvalue weighted by Crippen LogP contribution is -2.46. The predicted octanol–water partition coefficient (Wildman–Crippen LogP) is 0.590. The molecule has 0 heterocycles. The van der Waals surface area contributed by atoms with E-state index in [9.17, 15) is 9.59 Å². The number of likely N-dealkylation sites (N-methyl/N-ethyl adjacent to an activating group) is 1. The average molecular weight is 257 g/mol.